The minimum atomic E-state index is -0.475. The molecule has 28 heavy (non-hydrogen) atoms. The van der Waals surface area contributed by atoms with Crippen molar-refractivity contribution in [3.05, 3.63) is 62.8 Å². The third-order valence-corrected chi connectivity index (χ3v) is 4.22. The molecule has 0 aliphatic rings. The highest BCUT2D eigenvalue weighted by atomic mass is 16.6. The molecule has 10 heteroatoms. The average Bonchev–Trinajstić information content (AvgIpc) is 3.08. The molecule has 0 aliphatic heterocycles. The fourth-order valence-electron chi connectivity index (χ4n) is 2.86. The van der Waals surface area contributed by atoms with Crippen molar-refractivity contribution in [2.75, 3.05) is 6.54 Å². The molecule has 3 aromatic rings. The topological polar surface area (TPSA) is 125 Å². The maximum Gasteiger partial charge on any atom is 0.269 e. The fourth-order valence-corrected chi connectivity index (χ4v) is 2.86. The molecule has 0 radical (unpaired) electrons. The number of benzene rings is 1. The molecule has 0 atom stereocenters. The molecule has 1 N–H and O–H groups in total. The van der Waals surface area contributed by atoms with Crippen LogP contribution in [0, 0.1) is 10.1 Å². The van der Waals surface area contributed by atoms with Crippen LogP contribution < -0.4 is 10.9 Å². The lowest BCUT2D eigenvalue weighted by Gasteiger charge is -2.07. The van der Waals surface area contributed by atoms with Gasteiger partial charge in [0.1, 0.15) is 11.7 Å². The first-order chi connectivity index (χ1) is 13.5. The van der Waals surface area contributed by atoms with Crippen LogP contribution in [0.4, 0.5) is 5.69 Å². The standard InChI is InChI=1S/C18H20N6O4/c1-2-4-16(25)19-7-8-23-17-15(10-21-23)18(26)22(12-20-17)11-13-5-3-6-14(9-13)24(27)28/h3,5-6,9-10,12H,2,4,7-8,11H2,1H3,(H,19,25). The van der Waals surface area contributed by atoms with Crippen LogP contribution in [0.1, 0.15) is 25.3 Å². The second-order valence-electron chi connectivity index (χ2n) is 6.31. The summed E-state index contributed by atoms with van der Waals surface area (Å²) in [5.41, 5.74) is 0.754. The van der Waals surface area contributed by atoms with Crippen LogP contribution in [0.25, 0.3) is 11.0 Å². The Hall–Kier alpha value is -3.56. The van der Waals surface area contributed by atoms with Gasteiger partial charge in [-0.25, -0.2) is 9.67 Å². The number of hydrogen-bond donors (Lipinski definition) is 1. The van der Waals surface area contributed by atoms with Crippen LogP contribution >= 0.6 is 0 Å². The third-order valence-electron chi connectivity index (χ3n) is 4.22. The van der Waals surface area contributed by atoms with Gasteiger partial charge in [0.25, 0.3) is 11.2 Å². The van der Waals surface area contributed by atoms with Crippen LogP contribution in [0.2, 0.25) is 0 Å². The summed E-state index contributed by atoms with van der Waals surface area (Å²) >= 11 is 0. The molecule has 1 amide bonds. The monoisotopic (exact) mass is 384 g/mol. The zero-order valence-corrected chi connectivity index (χ0v) is 15.4. The molecular formula is C18H20N6O4. The Balaban J connectivity index is 1.77. The predicted molar refractivity (Wildman–Crippen MR) is 102 cm³/mol. The normalized spacial score (nSPS) is 10.9. The van der Waals surface area contributed by atoms with E-state index < -0.39 is 4.92 Å². The van der Waals surface area contributed by atoms with E-state index in [-0.39, 0.29) is 23.7 Å². The Morgan fingerprint density at radius 3 is 2.93 bits per heavy atom. The van der Waals surface area contributed by atoms with E-state index in [2.05, 4.69) is 15.4 Å². The maximum atomic E-state index is 12.7. The van der Waals surface area contributed by atoms with Gasteiger partial charge in [-0.1, -0.05) is 19.1 Å². The largest absolute Gasteiger partial charge is 0.354 e. The number of hydrogen-bond acceptors (Lipinski definition) is 6. The maximum absolute atomic E-state index is 12.7. The highest BCUT2D eigenvalue weighted by Crippen LogP contribution is 2.14. The summed E-state index contributed by atoms with van der Waals surface area (Å²) in [6.45, 7) is 2.90. The van der Waals surface area contributed by atoms with Gasteiger partial charge < -0.3 is 5.32 Å². The Bertz CT molecular complexity index is 1070. The van der Waals surface area contributed by atoms with Gasteiger partial charge in [-0.2, -0.15) is 5.10 Å². The first kappa shape index (κ1) is 19.2. The zero-order chi connectivity index (χ0) is 20.1. The molecule has 0 unspecified atom stereocenters. The number of carbonyl (C=O) groups excluding carboxylic acids is 1. The average molecular weight is 384 g/mol. The van der Waals surface area contributed by atoms with Crippen molar-refractivity contribution < 1.29 is 9.72 Å². The number of amides is 1. The van der Waals surface area contributed by atoms with Gasteiger partial charge >= 0.3 is 0 Å². The highest BCUT2D eigenvalue weighted by Gasteiger charge is 2.12. The second-order valence-corrected chi connectivity index (χ2v) is 6.31. The van der Waals surface area contributed by atoms with Crippen molar-refractivity contribution in [1.29, 1.82) is 0 Å². The first-order valence-electron chi connectivity index (χ1n) is 8.90. The van der Waals surface area contributed by atoms with Crippen LogP contribution in [-0.4, -0.2) is 36.7 Å². The van der Waals surface area contributed by atoms with E-state index in [0.29, 0.717) is 36.1 Å². The molecule has 0 bridgehead atoms. The number of nitro benzene ring substituents is 1. The van der Waals surface area contributed by atoms with E-state index in [1.807, 2.05) is 6.92 Å². The lowest BCUT2D eigenvalue weighted by molar-refractivity contribution is -0.384. The fraction of sp³-hybridized carbons (Fsp3) is 0.333. The van der Waals surface area contributed by atoms with E-state index in [1.54, 1.807) is 16.8 Å². The third kappa shape index (κ3) is 4.22. The number of non-ortho nitro benzene ring substituents is 1. The number of aromatic nitrogens is 4. The molecule has 0 saturated heterocycles. The van der Waals surface area contributed by atoms with Gasteiger partial charge in [-0.15, -0.1) is 0 Å². The van der Waals surface area contributed by atoms with Crippen LogP contribution in [0.15, 0.2) is 41.6 Å². The molecule has 0 fully saturated rings. The number of nitrogens with zero attached hydrogens (tertiary/aromatic N) is 5. The molecule has 1 aromatic carbocycles. The Kier molecular flexibility index (Phi) is 5.78. The van der Waals surface area contributed by atoms with Crippen molar-refractivity contribution in [3.63, 3.8) is 0 Å². The summed E-state index contributed by atoms with van der Waals surface area (Å²) in [4.78, 5) is 39.0. The minimum Gasteiger partial charge on any atom is -0.354 e. The molecule has 0 saturated carbocycles. The SMILES string of the molecule is CCCC(=O)NCCn1ncc2c(=O)n(Cc3cccc([N+](=O)[O-])c3)cnc21. The lowest BCUT2D eigenvalue weighted by Crippen LogP contribution is -2.27. The van der Waals surface area contributed by atoms with Crippen LogP contribution in [0.5, 0.6) is 0 Å². The molecule has 2 aromatic heterocycles. The number of nitro groups is 1. The van der Waals surface area contributed by atoms with E-state index in [9.17, 15) is 19.7 Å². The van der Waals surface area contributed by atoms with Crippen molar-refractivity contribution in [1.82, 2.24) is 24.6 Å². The summed E-state index contributed by atoms with van der Waals surface area (Å²) in [5, 5.41) is 18.2. The number of nitrogens with one attached hydrogen (secondary N) is 1. The number of fused-ring (bicyclic) bond motifs is 1. The van der Waals surface area contributed by atoms with E-state index >= 15 is 0 Å². The minimum absolute atomic E-state index is 0.0220. The smallest absolute Gasteiger partial charge is 0.269 e. The summed E-state index contributed by atoms with van der Waals surface area (Å²) in [5.74, 6) is -0.0220. The summed E-state index contributed by atoms with van der Waals surface area (Å²) in [6.07, 6.45) is 4.10. The van der Waals surface area contributed by atoms with Crippen molar-refractivity contribution >= 4 is 22.6 Å². The number of rotatable bonds is 8. The molecule has 0 aliphatic carbocycles. The Morgan fingerprint density at radius 2 is 2.18 bits per heavy atom. The van der Waals surface area contributed by atoms with Crippen molar-refractivity contribution in [2.24, 2.45) is 0 Å². The van der Waals surface area contributed by atoms with Gasteiger partial charge in [0.05, 0.1) is 24.2 Å². The van der Waals surface area contributed by atoms with Gasteiger partial charge in [-0.3, -0.25) is 24.3 Å². The van der Waals surface area contributed by atoms with Gasteiger partial charge in [0, 0.05) is 25.1 Å². The van der Waals surface area contributed by atoms with Gasteiger partial charge in [-0.05, 0) is 12.0 Å². The summed E-state index contributed by atoms with van der Waals surface area (Å²) in [6, 6.07) is 6.12. The summed E-state index contributed by atoms with van der Waals surface area (Å²) < 4.78 is 2.96. The second kappa shape index (κ2) is 8.42. The molecule has 0 spiro atoms. The first-order valence-corrected chi connectivity index (χ1v) is 8.90. The molecular weight excluding hydrogens is 364 g/mol. The molecule has 10 nitrogen and oxygen atoms in total. The Labute approximate surface area is 160 Å². The van der Waals surface area contributed by atoms with Crippen LogP contribution in [0.3, 0.4) is 0 Å². The molecule has 2 heterocycles. The van der Waals surface area contributed by atoms with Crippen LogP contribution in [-0.2, 0) is 17.9 Å². The summed E-state index contributed by atoms with van der Waals surface area (Å²) in [7, 11) is 0. The van der Waals surface area contributed by atoms with Crippen molar-refractivity contribution in [3.8, 4) is 0 Å². The molecule has 146 valence electrons. The quantitative estimate of drug-likeness (QED) is 0.463. The Morgan fingerprint density at radius 1 is 1.36 bits per heavy atom. The lowest BCUT2D eigenvalue weighted by atomic mass is 10.2. The van der Waals surface area contributed by atoms with Crippen molar-refractivity contribution in [2.45, 2.75) is 32.9 Å². The molecule has 3 rings (SSSR count). The van der Waals surface area contributed by atoms with E-state index in [1.165, 1.54) is 29.2 Å². The number of carbonyl (C=O) groups is 1. The zero-order valence-electron chi connectivity index (χ0n) is 15.4. The van der Waals surface area contributed by atoms with Gasteiger partial charge in [0.2, 0.25) is 5.91 Å². The van der Waals surface area contributed by atoms with E-state index in [0.717, 1.165) is 6.42 Å². The predicted octanol–water partition coefficient (Wildman–Crippen LogP) is 1.47. The highest BCUT2D eigenvalue weighted by molar-refractivity contribution is 5.76. The van der Waals surface area contributed by atoms with Gasteiger partial charge in [0.15, 0.2) is 5.65 Å². The van der Waals surface area contributed by atoms with E-state index in [4.69, 9.17) is 0 Å².